The third-order valence-electron chi connectivity index (χ3n) is 3.12. The lowest BCUT2D eigenvalue weighted by Crippen LogP contribution is -2.47. The Bertz CT molecular complexity index is 349. The molecule has 0 aliphatic carbocycles. The minimum absolute atomic E-state index is 0.0390. The van der Waals surface area contributed by atoms with E-state index in [1.807, 2.05) is 0 Å². The Labute approximate surface area is 118 Å². The molecule has 1 aliphatic heterocycles. The van der Waals surface area contributed by atoms with Crippen molar-refractivity contribution < 1.29 is 23.9 Å². The summed E-state index contributed by atoms with van der Waals surface area (Å²) >= 11 is 0. The van der Waals surface area contributed by atoms with Crippen LogP contribution in [0.4, 0.5) is 0 Å². The summed E-state index contributed by atoms with van der Waals surface area (Å²) in [5.74, 6) is -0.895. The number of carbonyl (C=O) groups excluding carboxylic acids is 3. The van der Waals surface area contributed by atoms with E-state index in [9.17, 15) is 14.4 Å². The quantitative estimate of drug-likeness (QED) is 0.641. The summed E-state index contributed by atoms with van der Waals surface area (Å²) in [6.07, 6.45) is 0.852. The van der Waals surface area contributed by atoms with Crippen LogP contribution in [0, 0.1) is 5.92 Å². The largest absolute Gasteiger partial charge is 0.465 e. The molecule has 1 aliphatic rings. The summed E-state index contributed by atoms with van der Waals surface area (Å²) < 4.78 is 9.82. The van der Waals surface area contributed by atoms with Crippen LogP contribution in [0.25, 0.3) is 0 Å². The molecule has 1 atom stereocenters. The first-order valence-electron chi connectivity index (χ1n) is 6.78. The van der Waals surface area contributed by atoms with Crippen LogP contribution in [0.15, 0.2) is 0 Å². The lowest BCUT2D eigenvalue weighted by Gasteiger charge is -2.28. The fourth-order valence-corrected chi connectivity index (χ4v) is 2.03. The van der Waals surface area contributed by atoms with Crippen LogP contribution >= 0.6 is 0 Å². The van der Waals surface area contributed by atoms with Crippen LogP contribution in [-0.2, 0) is 23.9 Å². The van der Waals surface area contributed by atoms with Gasteiger partial charge in [0, 0.05) is 26.6 Å². The maximum atomic E-state index is 12.4. The molecule has 1 heterocycles. The van der Waals surface area contributed by atoms with Crippen LogP contribution in [0.3, 0.4) is 0 Å². The summed E-state index contributed by atoms with van der Waals surface area (Å²) in [5, 5.41) is 2.67. The minimum Gasteiger partial charge on any atom is -0.465 e. The molecule has 7 heteroatoms. The number of ether oxygens (including phenoxy) is 2. The maximum Gasteiger partial charge on any atom is 0.325 e. The molecule has 1 rings (SSSR count). The Morgan fingerprint density at radius 2 is 2.20 bits per heavy atom. The molecule has 0 bridgehead atoms. The van der Waals surface area contributed by atoms with Crippen LogP contribution in [-0.4, -0.2) is 62.6 Å². The van der Waals surface area contributed by atoms with Crippen molar-refractivity contribution in [3.8, 4) is 0 Å². The predicted molar refractivity (Wildman–Crippen MR) is 70.8 cm³/mol. The average molecular weight is 286 g/mol. The van der Waals surface area contributed by atoms with Crippen molar-refractivity contribution in [1.29, 1.82) is 0 Å². The van der Waals surface area contributed by atoms with Crippen molar-refractivity contribution in [2.24, 2.45) is 5.92 Å². The Balaban J connectivity index is 2.58. The highest BCUT2D eigenvalue weighted by atomic mass is 16.5. The molecule has 20 heavy (non-hydrogen) atoms. The fourth-order valence-electron chi connectivity index (χ4n) is 2.03. The molecule has 0 saturated carbocycles. The molecule has 0 aromatic carbocycles. The van der Waals surface area contributed by atoms with Gasteiger partial charge < -0.3 is 19.7 Å². The fraction of sp³-hybridized carbons (Fsp3) is 0.769. The van der Waals surface area contributed by atoms with Crippen molar-refractivity contribution in [3.63, 3.8) is 0 Å². The number of methoxy groups -OCH3 is 1. The van der Waals surface area contributed by atoms with Crippen molar-refractivity contribution >= 4 is 17.8 Å². The topological polar surface area (TPSA) is 84.9 Å². The second-order valence-electron chi connectivity index (χ2n) is 4.60. The van der Waals surface area contributed by atoms with Gasteiger partial charge in [-0.25, -0.2) is 0 Å². The summed E-state index contributed by atoms with van der Waals surface area (Å²) in [4.78, 5) is 36.4. The zero-order valence-electron chi connectivity index (χ0n) is 12.0. The zero-order valence-corrected chi connectivity index (χ0v) is 12.0. The average Bonchev–Trinajstić information content (AvgIpc) is 2.44. The van der Waals surface area contributed by atoms with Gasteiger partial charge in [-0.15, -0.1) is 0 Å². The summed E-state index contributed by atoms with van der Waals surface area (Å²) in [7, 11) is 1.54. The molecule has 0 aromatic rings. The number of amides is 2. The van der Waals surface area contributed by atoms with Gasteiger partial charge in [0.2, 0.25) is 11.8 Å². The van der Waals surface area contributed by atoms with E-state index in [1.165, 1.54) is 12.0 Å². The van der Waals surface area contributed by atoms with Crippen molar-refractivity contribution in [2.45, 2.75) is 19.8 Å². The first-order chi connectivity index (χ1) is 9.58. The Morgan fingerprint density at radius 3 is 2.75 bits per heavy atom. The summed E-state index contributed by atoms with van der Waals surface area (Å²) in [6, 6.07) is 0. The van der Waals surface area contributed by atoms with Crippen molar-refractivity contribution in [3.05, 3.63) is 0 Å². The number of hydrogen-bond donors (Lipinski definition) is 1. The third kappa shape index (κ3) is 5.16. The standard InChI is InChI=1S/C13H22N2O5/c1-3-20-12(17)9-15(6-7-19-2)13(18)10-4-5-11(16)14-8-10/h10H,3-9H2,1-2H3,(H,14,16). The number of carbonyl (C=O) groups is 3. The van der Waals surface area contributed by atoms with E-state index >= 15 is 0 Å². The number of piperidine rings is 1. The van der Waals surface area contributed by atoms with Gasteiger partial charge in [0.1, 0.15) is 6.54 Å². The van der Waals surface area contributed by atoms with Gasteiger partial charge in [-0.2, -0.15) is 0 Å². The molecule has 1 unspecified atom stereocenters. The Hall–Kier alpha value is -1.63. The number of rotatable bonds is 7. The summed E-state index contributed by atoms with van der Waals surface area (Å²) in [5.41, 5.74) is 0. The van der Waals surface area contributed by atoms with Gasteiger partial charge in [0.25, 0.3) is 0 Å². The normalized spacial score (nSPS) is 18.3. The van der Waals surface area contributed by atoms with Crippen LogP contribution < -0.4 is 5.32 Å². The molecule has 7 nitrogen and oxygen atoms in total. The molecular formula is C13H22N2O5. The van der Waals surface area contributed by atoms with E-state index < -0.39 is 5.97 Å². The van der Waals surface area contributed by atoms with E-state index in [-0.39, 0.29) is 30.9 Å². The zero-order chi connectivity index (χ0) is 15.0. The molecule has 2 amide bonds. The van der Waals surface area contributed by atoms with Gasteiger partial charge >= 0.3 is 5.97 Å². The predicted octanol–water partition coefficient (Wildman–Crippen LogP) is -0.449. The van der Waals surface area contributed by atoms with Crippen molar-refractivity contribution in [1.82, 2.24) is 10.2 Å². The Morgan fingerprint density at radius 1 is 1.45 bits per heavy atom. The number of hydrogen-bond acceptors (Lipinski definition) is 5. The SMILES string of the molecule is CCOC(=O)CN(CCOC)C(=O)C1CCC(=O)NC1. The van der Waals surface area contributed by atoms with Gasteiger partial charge in [0.05, 0.1) is 19.1 Å². The van der Waals surface area contributed by atoms with E-state index in [1.54, 1.807) is 6.92 Å². The van der Waals surface area contributed by atoms with Crippen LogP contribution in [0.5, 0.6) is 0 Å². The van der Waals surface area contributed by atoms with Gasteiger partial charge in [-0.05, 0) is 13.3 Å². The van der Waals surface area contributed by atoms with Crippen LogP contribution in [0.2, 0.25) is 0 Å². The highest BCUT2D eigenvalue weighted by Crippen LogP contribution is 2.14. The molecule has 114 valence electrons. The summed E-state index contributed by atoms with van der Waals surface area (Å²) in [6.45, 7) is 2.92. The molecule has 1 fully saturated rings. The maximum absolute atomic E-state index is 12.4. The molecule has 1 saturated heterocycles. The molecule has 0 spiro atoms. The minimum atomic E-state index is -0.434. The molecule has 1 N–H and O–H groups in total. The van der Waals surface area contributed by atoms with Gasteiger partial charge in [0.15, 0.2) is 0 Å². The van der Waals surface area contributed by atoms with Gasteiger partial charge in [-0.3, -0.25) is 14.4 Å². The highest BCUT2D eigenvalue weighted by molar-refractivity contribution is 5.86. The molecular weight excluding hydrogens is 264 g/mol. The molecule has 0 radical (unpaired) electrons. The van der Waals surface area contributed by atoms with Crippen molar-refractivity contribution in [2.75, 3.05) is 40.0 Å². The second kappa shape index (κ2) is 8.52. The monoisotopic (exact) mass is 286 g/mol. The lowest BCUT2D eigenvalue weighted by atomic mass is 9.97. The highest BCUT2D eigenvalue weighted by Gasteiger charge is 2.29. The van der Waals surface area contributed by atoms with Gasteiger partial charge in [-0.1, -0.05) is 0 Å². The number of esters is 1. The third-order valence-corrected chi connectivity index (χ3v) is 3.12. The second-order valence-corrected chi connectivity index (χ2v) is 4.60. The smallest absolute Gasteiger partial charge is 0.325 e. The lowest BCUT2D eigenvalue weighted by molar-refractivity contribution is -0.151. The van der Waals surface area contributed by atoms with E-state index in [0.29, 0.717) is 32.5 Å². The van der Waals surface area contributed by atoms with E-state index in [4.69, 9.17) is 9.47 Å². The van der Waals surface area contributed by atoms with E-state index in [0.717, 1.165) is 0 Å². The first kappa shape index (κ1) is 16.4. The number of nitrogens with one attached hydrogen (secondary N) is 1. The number of nitrogens with zero attached hydrogens (tertiary/aromatic N) is 1. The first-order valence-corrected chi connectivity index (χ1v) is 6.78. The Kier molecular flexibility index (Phi) is 7.00. The van der Waals surface area contributed by atoms with Crippen LogP contribution in [0.1, 0.15) is 19.8 Å². The van der Waals surface area contributed by atoms with E-state index in [2.05, 4.69) is 5.32 Å². The molecule has 0 aromatic heterocycles.